The molecule has 1 amide bonds. The van der Waals surface area contributed by atoms with Crippen LogP contribution in [0.4, 0.5) is 0 Å². The Hall–Kier alpha value is -3.02. The van der Waals surface area contributed by atoms with Gasteiger partial charge in [0.1, 0.15) is 23.2 Å². The first-order valence-electron chi connectivity index (χ1n) is 10.7. The lowest BCUT2D eigenvalue weighted by molar-refractivity contribution is -0.140. The normalized spacial score (nSPS) is 12.6. The molecule has 4 rings (SSSR count). The zero-order valence-electron chi connectivity index (χ0n) is 18.6. The smallest absolute Gasteiger partial charge is 0.370 e. The molecule has 0 fully saturated rings. The number of carboxylic acids is 1. The number of nitrogens with one attached hydrogen (secondary N) is 1. The second kappa shape index (κ2) is 10.9. The SMILES string of the molecule is CC(NC(=O)c1ccccc1)(C(=O)O)[P+](c1ccccc1)(c1ccccc1)c1ccccc1.[I-]. The number of carbonyl (C=O) groups is 2. The lowest BCUT2D eigenvalue weighted by Crippen LogP contribution is -3.00. The minimum Gasteiger partial charge on any atom is -1.00 e. The first kappa shape index (κ1) is 25.6. The van der Waals surface area contributed by atoms with Crippen LogP contribution in [0.1, 0.15) is 17.3 Å². The molecule has 4 aromatic rings. The van der Waals surface area contributed by atoms with Gasteiger partial charge in [0, 0.05) is 12.5 Å². The van der Waals surface area contributed by atoms with Gasteiger partial charge >= 0.3 is 5.97 Å². The Morgan fingerprint density at radius 3 is 1.29 bits per heavy atom. The lowest BCUT2D eigenvalue weighted by Gasteiger charge is -2.39. The van der Waals surface area contributed by atoms with Gasteiger partial charge in [-0.05, 0) is 48.5 Å². The van der Waals surface area contributed by atoms with Gasteiger partial charge in [0.05, 0.1) is 0 Å². The summed E-state index contributed by atoms with van der Waals surface area (Å²) in [6.07, 6.45) is 0. The highest BCUT2D eigenvalue weighted by Gasteiger charge is 2.66. The average Bonchev–Trinajstić information content (AvgIpc) is 2.87. The Morgan fingerprint density at radius 1 is 0.647 bits per heavy atom. The molecule has 0 bridgehead atoms. The van der Waals surface area contributed by atoms with Crippen LogP contribution in [0.2, 0.25) is 0 Å². The fraction of sp³-hybridized carbons (Fsp3) is 0.0714. The molecule has 172 valence electrons. The Kier molecular flexibility index (Phi) is 8.24. The molecule has 1 atom stereocenters. The number of halogens is 1. The van der Waals surface area contributed by atoms with E-state index in [4.69, 9.17) is 0 Å². The second-order valence-electron chi connectivity index (χ2n) is 7.87. The van der Waals surface area contributed by atoms with Crippen molar-refractivity contribution in [3.05, 3.63) is 127 Å². The maximum atomic E-state index is 13.3. The van der Waals surface area contributed by atoms with Crippen molar-refractivity contribution < 1.29 is 38.7 Å². The number of carboxylic acid groups (broad SMARTS) is 1. The fourth-order valence-corrected chi connectivity index (χ4v) is 9.20. The van der Waals surface area contributed by atoms with Crippen molar-refractivity contribution in [2.24, 2.45) is 0 Å². The third-order valence-corrected chi connectivity index (χ3v) is 10.8. The quantitative estimate of drug-likeness (QED) is 0.255. The fourth-order valence-electron chi connectivity index (χ4n) is 4.34. The number of hydrogen-bond acceptors (Lipinski definition) is 2. The van der Waals surface area contributed by atoms with E-state index < -0.39 is 24.4 Å². The van der Waals surface area contributed by atoms with Gasteiger partial charge in [-0.3, -0.25) is 4.79 Å². The van der Waals surface area contributed by atoms with Crippen LogP contribution in [0.15, 0.2) is 121 Å². The van der Waals surface area contributed by atoms with E-state index in [9.17, 15) is 14.7 Å². The summed E-state index contributed by atoms with van der Waals surface area (Å²) in [5, 5.41) is 14.7. The van der Waals surface area contributed by atoms with Crippen LogP contribution in [0.3, 0.4) is 0 Å². The predicted molar refractivity (Wildman–Crippen MR) is 135 cm³/mol. The highest BCUT2D eigenvalue weighted by atomic mass is 127. The molecule has 0 saturated heterocycles. The highest BCUT2D eigenvalue weighted by molar-refractivity contribution is 7.97. The molecule has 4 nitrogen and oxygen atoms in total. The predicted octanol–water partition coefficient (Wildman–Crippen LogP) is 1.22. The van der Waals surface area contributed by atoms with Crippen molar-refractivity contribution in [2.75, 3.05) is 0 Å². The monoisotopic (exact) mass is 581 g/mol. The molecular formula is C28H25INO3P. The van der Waals surface area contributed by atoms with E-state index in [1.165, 1.54) is 0 Å². The minimum absolute atomic E-state index is 0. The van der Waals surface area contributed by atoms with Crippen LogP contribution in [0.25, 0.3) is 0 Å². The van der Waals surface area contributed by atoms with Gasteiger partial charge in [0.2, 0.25) is 0 Å². The number of amides is 1. The van der Waals surface area contributed by atoms with Gasteiger partial charge in [-0.1, -0.05) is 72.8 Å². The summed E-state index contributed by atoms with van der Waals surface area (Å²) in [4.78, 5) is 26.5. The Labute approximate surface area is 217 Å². The molecule has 1 unspecified atom stereocenters. The van der Waals surface area contributed by atoms with Gasteiger partial charge in [-0.25, -0.2) is 4.79 Å². The zero-order chi connectivity index (χ0) is 23.3. The summed E-state index contributed by atoms with van der Waals surface area (Å²) in [6.45, 7) is 1.64. The maximum Gasteiger partial charge on any atom is 0.370 e. The van der Waals surface area contributed by atoms with Gasteiger partial charge in [-0.2, -0.15) is 0 Å². The van der Waals surface area contributed by atoms with Crippen LogP contribution < -0.4 is 45.2 Å². The molecule has 34 heavy (non-hydrogen) atoms. The number of aliphatic carboxylic acids is 1. The standard InChI is InChI=1S/C28H24NO3P.HI/c1-28(27(31)32,29-26(30)22-14-6-2-7-15-22)33(23-16-8-3-9-17-23,24-18-10-4-11-19-24)25-20-12-5-13-21-25;/h2-21H,1H3,(H-,29,30,31,32);1H. The molecule has 0 heterocycles. The van der Waals surface area contributed by atoms with Gasteiger partial charge in [0.25, 0.3) is 11.2 Å². The van der Waals surface area contributed by atoms with E-state index >= 15 is 0 Å². The highest BCUT2D eigenvalue weighted by Crippen LogP contribution is 2.64. The van der Waals surface area contributed by atoms with Crippen LogP contribution in [0, 0.1) is 0 Å². The summed E-state index contributed by atoms with van der Waals surface area (Å²) < 4.78 is 0. The van der Waals surface area contributed by atoms with Crippen molar-refractivity contribution >= 4 is 35.1 Å². The van der Waals surface area contributed by atoms with E-state index in [0.717, 1.165) is 15.9 Å². The van der Waals surface area contributed by atoms with Crippen LogP contribution in [0.5, 0.6) is 0 Å². The van der Waals surface area contributed by atoms with Gasteiger partial charge in [0.15, 0.2) is 0 Å². The summed E-state index contributed by atoms with van der Waals surface area (Å²) in [6, 6.07) is 37.7. The number of hydrogen-bond donors (Lipinski definition) is 2. The number of benzene rings is 4. The molecule has 6 heteroatoms. The second-order valence-corrected chi connectivity index (χ2v) is 11.7. The minimum atomic E-state index is -2.94. The molecular weight excluding hydrogens is 556 g/mol. The van der Waals surface area contributed by atoms with Crippen molar-refractivity contribution in [1.82, 2.24) is 5.32 Å². The van der Waals surface area contributed by atoms with E-state index in [2.05, 4.69) is 5.32 Å². The van der Waals surface area contributed by atoms with Gasteiger partial charge < -0.3 is 34.4 Å². The summed E-state index contributed by atoms with van der Waals surface area (Å²) in [7, 11) is -2.94. The number of carbonyl (C=O) groups excluding carboxylic acids is 1. The molecule has 4 aromatic carbocycles. The summed E-state index contributed by atoms with van der Waals surface area (Å²) >= 11 is 0. The van der Waals surface area contributed by atoms with E-state index in [1.807, 2.05) is 97.1 Å². The average molecular weight is 581 g/mol. The van der Waals surface area contributed by atoms with Crippen molar-refractivity contribution in [3.8, 4) is 0 Å². The third kappa shape index (κ3) is 4.50. The zero-order valence-corrected chi connectivity index (χ0v) is 21.7. The van der Waals surface area contributed by atoms with Crippen LogP contribution in [-0.2, 0) is 4.79 Å². The number of rotatable bonds is 7. The Balaban J connectivity index is 0.00000324. The molecule has 0 aromatic heterocycles. The molecule has 0 aliphatic heterocycles. The molecule has 0 saturated carbocycles. The van der Waals surface area contributed by atoms with Crippen molar-refractivity contribution in [1.29, 1.82) is 0 Å². The molecule has 0 spiro atoms. The summed E-state index contributed by atoms with van der Waals surface area (Å²) in [5.41, 5.74) is 0.414. The van der Waals surface area contributed by atoms with Crippen LogP contribution in [-0.4, -0.2) is 22.3 Å². The molecule has 0 aliphatic rings. The molecule has 0 radical (unpaired) electrons. The first-order chi connectivity index (χ1) is 16.0. The van der Waals surface area contributed by atoms with Crippen LogP contribution >= 0.6 is 7.26 Å². The Morgan fingerprint density at radius 2 is 0.971 bits per heavy atom. The van der Waals surface area contributed by atoms with Crippen molar-refractivity contribution in [2.45, 2.75) is 12.2 Å². The van der Waals surface area contributed by atoms with Gasteiger partial charge in [-0.15, -0.1) is 0 Å². The Bertz CT molecular complexity index is 1140. The van der Waals surface area contributed by atoms with Crippen molar-refractivity contribution in [3.63, 3.8) is 0 Å². The lowest BCUT2D eigenvalue weighted by atomic mass is 10.2. The summed E-state index contributed by atoms with van der Waals surface area (Å²) in [5.74, 6) is -1.51. The van der Waals surface area contributed by atoms with E-state index in [-0.39, 0.29) is 24.0 Å². The van der Waals surface area contributed by atoms with E-state index in [0.29, 0.717) is 5.56 Å². The molecule has 2 N–H and O–H groups in total. The first-order valence-corrected chi connectivity index (χ1v) is 12.5. The maximum absolute atomic E-state index is 13.3. The third-order valence-electron chi connectivity index (χ3n) is 5.91. The molecule has 0 aliphatic carbocycles. The van der Waals surface area contributed by atoms with E-state index in [1.54, 1.807) is 31.2 Å². The topological polar surface area (TPSA) is 66.4 Å². The largest absolute Gasteiger partial charge is 1.00 e.